The topological polar surface area (TPSA) is 35.5 Å². The number of carbonyl (C=O) groups excluding carboxylic acids is 1. The van der Waals surface area contributed by atoms with Gasteiger partial charge in [0.1, 0.15) is 0 Å². The van der Waals surface area contributed by atoms with Crippen molar-refractivity contribution < 1.29 is 14.3 Å². The maximum Gasteiger partial charge on any atom is 0.171 e. The van der Waals surface area contributed by atoms with Gasteiger partial charge < -0.3 is 9.47 Å². The normalized spacial score (nSPS) is 9.71. The summed E-state index contributed by atoms with van der Waals surface area (Å²) in [7, 11) is 2.98. The molecule has 4 heteroatoms. The van der Waals surface area contributed by atoms with Crippen LogP contribution >= 0.6 is 11.6 Å². The summed E-state index contributed by atoms with van der Waals surface area (Å²) in [5.74, 6) is 0.775. The van der Waals surface area contributed by atoms with Crippen molar-refractivity contribution in [2.24, 2.45) is 0 Å². The van der Waals surface area contributed by atoms with E-state index in [-0.39, 0.29) is 5.78 Å². The van der Waals surface area contributed by atoms with Gasteiger partial charge in [0.15, 0.2) is 17.3 Å². The number of Topliss-reactive ketones (excluding diaryl/α,β-unsaturated/α-hetero) is 1. The zero-order valence-corrected chi connectivity index (χ0v) is 9.01. The fourth-order valence-corrected chi connectivity index (χ4v) is 1.40. The summed E-state index contributed by atoms with van der Waals surface area (Å²) in [6.07, 6.45) is 0. The van der Waals surface area contributed by atoms with Crippen LogP contribution in [0.5, 0.6) is 11.5 Å². The van der Waals surface area contributed by atoms with Crippen LogP contribution in [0, 0.1) is 0 Å². The predicted molar refractivity (Wildman–Crippen MR) is 54.6 cm³/mol. The molecule has 0 unspecified atom stereocenters. The third-order valence-electron chi connectivity index (χ3n) is 1.82. The van der Waals surface area contributed by atoms with E-state index in [0.717, 1.165) is 0 Å². The second-order valence-corrected chi connectivity index (χ2v) is 3.18. The number of ketones is 1. The first-order valence-electron chi connectivity index (χ1n) is 4.02. The largest absolute Gasteiger partial charge is 0.493 e. The zero-order valence-electron chi connectivity index (χ0n) is 8.26. The number of benzene rings is 1. The Kier molecular flexibility index (Phi) is 3.36. The lowest BCUT2D eigenvalue weighted by Crippen LogP contribution is -2.00. The van der Waals surface area contributed by atoms with Gasteiger partial charge in [0, 0.05) is 11.1 Å². The molecule has 0 radical (unpaired) electrons. The molecule has 1 aromatic carbocycles. The lowest BCUT2D eigenvalue weighted by Gasteiger charge is -2.11. The number of ether oxygens (including phenoxy) is 2. The van der Waals surface area contributed by atoms with Crippen molar-refractivity contribution in [2.45, 2.75) is 6.92 Å². The molecular formula is C10H11ClO3. The second-order valence-electron chi connectivity index (χ2n) is 2.75. The molecule has 1 aromatic rings. The summed E-state index contributed by atoms with van der Waals surface area (Å²) < 4.78 is 10.1. The fourth-order valence-electron chi connectivity index (χ4n) is 1.19. The Morgan fingerprint density at radius 3 is 2.36 bits per heavy atom. The molecule has 3 nitrogen and oxygen atoms in total. The van der Waals surface area contributed by atoms with Crippen LogP contribution in [0.25, 0.3) is 0 Å². The summed E-state index contributed by atoms with van der Waals surface area (Å²) in [5.41, 5.74) is 0.428. The molecule has 0 saturated carbocycles. The van der Waals surface area contributed by atoms with Gasteiger partial charge in [-0.25, -0.2) is 0 Å². The Labute approximate surface area is 87.6 Å². The maximum absolute atomic E-state index is 11.3. The van der Waals surface area contributed by atoms with Crippen molar-refractivity contribution in [3.05, 3.63) is 22.7 Å². The van der Waals surface area contributed by atoms with Gasteiger partial charge in [-0.15, -0.1) is 0 Å². The van der Waals surface area contributed by atoms with E-state index in [1.807, 2.05) is 0 Å². The number of hydrogen-bond acceptors (Lipinski definition) is 3. The van der Waals surface area contributed by atoms with Crippen molar-refractivity contribution in [3.63, 3.8) is 0 Å². The Morgan fingerprint density at radius 2 is 1.93 bits per heavy atom. The van der Waals surface area contributed by atoms with E-state index < -0.39 is 0 Å². The molecule has 76 valence electrons. The zero-order chi connectivity index (χ0) is 10.7. The van der Waals surface area contributed by atoms with Crippen LogP contribution in [0.3, 0.4) is 0 Å². The molecule has 0 spiro atoms. The molecule has 0 aliphatic carbocycles. The first kappa shape index (κ1) is 10.9. The van der Waals surface area contributed by atoms with E-state index in [1.165, 1.54) is 21.1 Å². The van der Waals surface area contributed by atoms with Gasteiger partial charge in [-0.05, 0) is 13.0 Å². The van der Waals surface area contributed by atoms with Crippen molar-refractivity contribution in [3.8, 4) is 11.5 Å². The molecule has 0 amide bonds. The Bertz CT molecular complexity index is 361. The van der Waals surface area contributed by atoms with Crippen LogP contribution in [-0.4, -0.2) is 20.0 Å². The van der Waals surface area contributed by atoms with E-state index in [0.29, 0.717) is 22.1 Å². The van der Waals surface area contributed by atoms with Gasteiger partial charge in [0.2, 0.25) is 0 Å². The van der Waals surface area contributed by atoms with E-state index >= 15 is 0 Å². The highest BCUT2D eigenvalue weighted by atomic mass is 35.5. The van der Waals surface area contributed by atoms with E-state index in [2.05, 4.69) is 0 Å². The number of methoxy groups -OCH3 is 2. The van der Waals surface area contributed by atoms with Gasteiger partial charge in [0.05, 0.1) is 19.8 Å². The van der Waals surface area contributed by atoms with Crippen LogP contribution in [0.2, 0.25) is 5.02 Å². The smallest absolute Gasteiger partial charge is 0.171 e. The lowest BCUT2D eigenvalue weighted by atomic mass is 10.1. The highest BCUT2D eigenvalue weighted by Gasteiger charge is 2.14. The first-order chi connectivity index (χ1) is 6.60. The Balaban J connectivity index is 3.39. The van der Waals surface area contributed by atoms with Crippen LogP contribution in [-0.2, 0) is 0 Å². The van der Waals surface area contributed by atoms with Crippen LogP contribution < -0.4 is 9.47 Å². The van der Waals surface area contributed by atoms with E-state index in [4.69, 9.17) is 21.1 Å². The minimum atomic E-state index is -0.109. The minimum absolute atomic E-state index is 0.109. The molecule has 0 aliphatic heterocycles. The lowest BCUT2D eigenvalue weighted by molar-refractivity contribution is 0.101. The summed E-state index contributed by atoms with van der Waals surface area (Å²) in [6, 6.07) is 3.16. The van der Waals surface area contributed by atoms with Crippen molar-refractivity contribution in [1.29, 1.82) is 0 Å². The second kappa shape index (κ2) is 4.33. The highest BCUT2D eigenvalue weighted by molar-refractivity contribution is 6.31. The average Bonchev–Trinajstić information content (AvgIpc) is 2.16. The molecule has 0 aromatic heterocycles. The van der Waals surface area contributed by atoms with Gasteiger partial charge >= 0.3 is 0 Å². The molecule has 0 atom stereocenters. The number of rotatable bonds is 3. The van der Waals surface area contributed by atoms with Gasteiger partial charge in [0.25, 0.3) is 0 Å². The van der Waals surface area contributed by atoms with E-state index in [1.54, 1.807) is 12.1 Å². The summed E-state index contributed by atoms with van der Waals surface area (Å²) in [4.78, 5) is 11.3. The first-order valence-corrected chi connectivity index (χ1v) is 4.40. The Hall–Kier alpha value is -1.22. The Morgan fingerprint density at radius 1 is 1.29 bits per heavy atom. The van der Waals surface area contributed by atoms with Gasteiger partial charge in [-0.1, -0.05) is 11.6 Å². The molecule has 14 heavy (non-hydrogen) atoms. The molecular weight excluding hydrogens is 204 g/mol. The molecule has 0 aliphatic rings. The van der Waals surface area contributed by atoms with Gasteiger partial charge in [-0.3, -0.25) is 4.79 Å². The minimum Gasteiger partial charge on any atom is -0.493 e. The van der Waals surface area contributed by atoms with Crippen LogP contribution in [0.4, 0.5) is 0 Å². The van der Waals surface area contributed by atoms with Crippen molar-refractivity contribution in [1.82, 2.24) is 0 Å². The fraction of sp³-hybridized carbons (Fsp3) is 0.300. The maximum atomic E-state index is 11.3. The standard InChI is InChI=1S/C10H11ClO3/c1-6(12)8-4-7(11)5-9(13-2)10(8)14-3/h4-5H,1-3H3. The number of carbonyl (C=O) groups is 1. The summed E-state index contributed by atoms with van der Waals surface area (Å²) in [6.45, 7) is 1.45. The molecule has 1 rings (SSSR count). The summed E-state index contributed by atoms with van der Waals surface area (Å²) in [5, 5.41) is 0.452. The van der Waals surface area contributed by atoms with Crippen molar-refractivity contribution in [2.75, 3.05) is 14.2 Å². The highest BCUT2D eigenvalue weighted by Crippen LogP contribution is 2.34. The monoisotopic (exact) mass is 214 g/mol. The number of halogens is 1. The molecule has 0 fully saturated rings. The molecule has 0 heterocycles. The van der Waals surface area contributed by atoms with Crippen molar-refractivity contribution >= 4 is 17.4 Å². The predicted octanol–water partition coefficient (Wildman–Crippen LogP) is 2.56. The van der Waals surface area contributed by atoms with Gasteiger partial charge in [-0.2, -0.15) is 0 Å². The third kappa shape index (κ3) is 1.99. The SMILES string of the molecule is COc1cc(Cl)cc(C(C)=O)c1OC. The quantitative estimate of drug-likeness (QED) is 0.726. The molecule has 0 N–H and O–H groups in total. The number of hydrogen-bond donors (Lipinski definition) is 0. The third-order valence-corrected chi connectivity index (χ3v) is 2.04. The van der Waals surface area contributed by atoms with Crippen LogP contribution in [0.15, 0.2) is 12.1 Å². The van der Waals surface area contributed by atoms with E-state index in [9.17, 15) is 4.79 Å². The molecule has 0 saturated heterocycles. The van der Waals surface area contributed by atoms with Crippen LogP contribution in [0.1, 0.15) is 17.3 Å². The summed E-state index contributed by atoms with van der Waals surface area (Å²) >= 11 is 5.81. The molecule has 0 bridgehead atoms. The average molecular weight is 215 g/mol.